The van der Waals surface area contributed by atoms with Crippen molar-refractivity contribution in [3.63, 3.8) is 0 Å². The van der Waals surface area contributed by atoms with Crippen LogP contribution in [-0.4, -0.2) is 24.7 Å². The number of hydrogen-bond acceptors (Lipinski definition) is 3. The number of ether oxygens (including phenoxy) is 1. The fourth-order valence-electron chi connectivity index (χ4n) is 1.81. The molecule has 0 saturated carbocycles. The third-order valence-corrected chi connectivity index (χ3v) is 2.83. The van der Waals surface area contributed by atoms with Gasteiger partial charge in [0.1, 0.15) is 10.8 Å². The SMILES string of the molecule is CCCC(COC)Nc1ccc(F)cc1C(N)=S. The average molecular weight is 270 g/mol. The number of thiocarbonyl (C=S) groups is 1. The van der Waals surface area contributed by atoms with Crippen molar-refractivity contribution in [1.29, 1.82) is 0 Å². The van der Waals surface area contributed by atoms with Crippen molar-refractivity contribution in [3.8, 4) is 0 Å². The van der Waals surface area contributed by atoms with E-state index in [0.717, 1.165) is 18.5 Å². The monoisotopic (exact) mass is 270 g/mol. The molecule has 1 atom stereocenters. The minimum Gasteiger partial charge on any atom is -0.389 e. The Bertz CT molecular complexity index is 406. The lowest BCUT2D eigenvalue weighted by Crippen LogP contribution is -2.26. The summed E-state index contributed by atoms with van der Waals surface area (Å²) in [6, 6.07) is 4.56. The van der Waals surface area contributed by atoms with Crippen LogP contribution in [0.1, 0.15) is 25.3 Å². The maximum Gasteiger partial charge on any atom is 0.124 e. The Morgan fingerprint density at radius 3 is 2.83 bits per heavy atom. The van der Waals surface area contributed by atoms with Crippen LogP contribution in [0.5, 0.6) is 0 Å². The minimum absolute atomic E-state index is 0.165. The topological polar surface area (TPSA) is 47.3 Å². The zero-order valence-corrected chi connectivity index (χ0v) is 11.5. The number of hydrogen-bond donors (Lipinski definition) is 2. The summed E-state index contributed by atoms with van der Waals surface area (Å²) in [7, 11) is 1.66. The van der Waals surface area contributed by atoms with Gasteiger partial charge in [-0.3, -0.25) is 0 Å². The second-order valence-electron chi connectivity index (χ2n) is 4.14. The van der Waals surface area contributed by atoms with E-state index in [9.17, 15) is 4.39 Å². The van der Waals surface area contributed by atoms with Gasteiger partial charge < -0.3 is 15.8 Å². The highest BCUT2D eigenvalue weighted by Crippen LogP contribution is 2.19. The lowest BCUT2D eigenvalue weighted by atomic mass is 10.1. The summed E-state index contributed by atoms with van der Waals surface area (Å²) in [4.78, 5) is 0.185. The van der Waals surface area contributed by atoms with Crippen molar-refractivity contribution in [2.45, 2.75) is 25.8 Å². The largest absolute Gasteiger partial charge is 0.389 e. The minimum atomic E-state index is -0.345. The van der Waals surface area contributed by atoms with Crippen LogP contribution in [0.15, 0.2) is 18.2 Å². The Kier molecular flexibility index (Phi) is 6.01. The van der Waals surface area contributed by atoms with E-state index in [0.29, 0.717) is 12.2 Å². The number of nitrogens with two attached hydrogens (primary N) is 1. The highest BCUT2D eigenvalue weighted by Gasteiger charge is 2.12. The van der Waals surface area contributed by atoms with Gasteiger partial charge in [0.05, 0.1) is 6.61 Å². The first-order valence-electron chi connectivity index (χ1n) is 5.93. The summed E-state index contributed by atoms with van der Waals surface area (Å²) in [5.41, 5.74) is 6.88. The maximum atomic E-state index is 13.2. The molecular formula is C13H19FN2OS. The summed E-state index contributed by atoms with van der Waals surface area (Å²) in [5.74, 6) is -0.345. The van der Waals surface area contributed by atoms with Gasteiger partial charge >= 0.3 is 0 Å². The molecule has 0 aliphatic heterocycles. The molecule has 1 aromatic rings. The molecule has 0 aliphatic rings. The Morgan fingerprint density at radius 1 is 1.56 bits per heavy atom. The molecule has 0 heterocycles. The molecule has 100 valence electrons. The van der Waals surface area contributed by atoms with Crippen LogP contribution >= 0.6 is 12.2 Å². The number of methoxy groups -OCH3 is 1. The number of rotatable bonds is 7. The number of benzene rings is 1. The predicted molar refractivity (Wildman–Crippen MR) is 76.5 cm³/mol. The van der Waals surface area contributed by atoms with Gasteiger partial charge in [-0.15, -0.1) is 0 Å². The predicted octanol–water partition coefficient (Wildman–Crippen LogP) is 2.69. The average Bonchev–Trinajstić information content (AvgIpc) is 2.32. The van der Waals surface area contributed by atoms with E-state index in [1.807, 2.05) is 0 Å². The second-order valence-corrected chi connectivity index (χ2v) is 4.58. The fourth-order valence-corrected chi connectivity index (χ4v) is 1.98. The van der Waals surface area contributed by atoms with Gasteiger partial charge in [0.2, 0.25) is 0 Å². The van der Waals surface area contributed by atoms with Crippen molar-refractivity contribution in [1.82, 2.24) is 0 Å². The van der Waals surface area contributed by atoms with Crippen LogP contribution in [-0.2, 0) is 4.74 Å². The first-order chi connectivity index (χ1) is 8.58. The first-order valence-corrected chi connectivity index (χ1v) is 6.34. The molecular weight excluding hydrogens is 251 g/mol. The Balaban J connectivity index is 2.90. The van der Waals surface area contributed by atoms with Gasteiger partial charge in [-0.2, -0.15) is 0 Å². The molecule has 0 amide bonds. The molecule has 1 rings (SSSR count). The summed E-state index contributed by atoms with van der Waals surface area (Å²) in [6.07, 6.45) is 1.99. The quantitative estimate of drug-likeness (QED) is 0.748. The molecule has 3 nitrogen and oxygen atoms in total. The van der Waals surface area contributed by atoms with Crippen LogP contribution in [0, 0.1) is 5.82 Å². The summed E-state index contributed by atoms with van der Waals surface area (Å²) < 4.78 is 18.3. The standard InChI is InChI=1S/C13H19FN2OS/c1-3-4-10(8-17-2)16-12-6-5-9(14)7-11(12)13(15)18/h5-7,10,16H,3-4,8H2,1-2H3,(H2,15,18). The molecule has 5 heteroatoms. The molecule has 0 bridgehead atoms. The maximum absolute atomic E-state index is 13.2. The van der Waals surface area contributed by atoms with Gasteiger partial charge in [-0.25, -0.2) is 4.39 Å². The lowest BCUT2D eigenvalue weighted by Gasteiger charge is -2.20. The third-order valence-electron chi connectivity index (χ3n) is 2.61. The molecule has 0 spiro atoms. The van der Waals surface area contributed by atoms with Crippen LogP contribution in [0.2, 0.25) is 0 Å². The fraction of sp³-hybridized carbons (Fsp3) is 0.462. The molecule has 0 radical (unpaired) electrons. The summed E-state index contributed by atoms with van der Waals surface area (Å²) in [5, 5.41) is 3.30. The van der Waals surface area contributed by atoms with E-state index in [-0.39, 0.29) is 16.8 Å². The molecule has 0 aromatic heterocycles. The second kappa shape index (κ2) is 7.28. The smallest absolute Gasteiger partial charge is 0.124 e. The summed E-state index contributed by atoms with van der Waals surface area (Å²) >= 11 is 4.93. The van der Waals surface area contributed by atoms with Crippen LogP contribution in [0.4, 0.5) is 10.1 Å². The number of nitrogens with one attached hydrogen (secondary N) is 1. The zero-order valence-electron chi connectivity index (χ0n) is 10.7. The molecule has 0 aliphatic carbocycles. The van der Waals surface area contributed by atoms with Crippen molar-refractivity contribution in [2.75, 3.05) is 19.0 Å². The van der Waals surface area contributed by atoms with Gasteiger partial charge in [0.15, 0.2) is 0 Å². The van der Waals surface area contributed by atoms with E-state index in [1.165, 1.54) is 12.1 Å². The number of halogens is 1. The van der Waals surface area contributed by atoms with Crippen LogP contribution in [0.25, 0.3) is 0 Å². The Labute approximate surface area is 113 Å². The van der Waals surface area contributed by atoms with E-state index in [4.69, 9.17) is 22.7 Å². The molecule has 0 saturated heterocycles. The zero-order chi connectivity index (χ0) is 13.5. The van der Waals surface area contributed by atoms with Crippen molar-refractivity contribution in [2.24, 2.45) is 5.73 Å². The van der Waals surface area contributed by atoms with Crippen molar-refractivity contribution in [3.05, 3.63) is 29.6 Å². The molecule has 1 unspecified atom stereocenters. The highest BCUT2D eigenvalue weighted by atomic mass is 32.1. The van der Waals surface area contributed by atoms with E-state index in [2.05, 4.69) is 12.2 Å². The van der Waals surface area contributed by atoms with E-state index < -0.39 is 0 Å². The van der Waals surface area contributed by atoms with Gasteiger partial charge in [-0.05, 0) is 24.6 Å². The molecule has 18 heavy (non-hydrogen) atoms. The number of anilines is 1. The normalized spacial score (nSPS) is 12.2. The van der Waals surface area contributed by atoms with Crippen molar-refractivity contribution >= 4 is 22.9 Å². The summed E-state index contributed by atoms with van der Waals surface area (Å²) in [6.45, 7) is 2.69. The van der Waals surface area contributed by atoms with Gasteiger partial charge in [0, 0.05) is 24.4 Å². The Morgan fingerprint density at radius 2 is 2.28 bits per heavy atom. The first kappa shape index (κ1) is 14.9. The van der Waals surface area contributed by atoms with Gasteiger partial charge in [0.25, 0.3) is 0 Å². The Hall–Kier alpha value is -1.20. The molecule has 1 aromatic carbocycles. The van der Waals surface area contributed by atoms with Crippen LogP contribution < -0.4 is 11.1 Å². The van der Waals surface area contributed by atoms with Crippen LogP contribution in [0.3, 0.4) is 0 Å². The van der Waals surface area contributed by atoms with E-state index >= 15 is 0 Å². The lowest BCUT2D eigenvalue weighted by molar-refractivity contribution is 0.182. The van der Waals surface area contributed by atoms with E-state index in [1.54, 1.807) is 13.2 Å². The highest BCUT2D eigenvalue weighted by molar-refractivity contribution is 7.80. The van der Waals surface area contributed by atoms with Crippen molar-refractivity contribution < 1.29 is 9.13 Å². The molecule has 3 N–H and O–H groups in total. The molecule has 0 fully saturated rings. The van der Waals surface area contributed by atoms with Gasteiger partial charge in [-0.1, -0.05) is 25.6 Å². The third kappa shape index (κ3) is 4.23.